The molecule has 1 N–H and O–H groups in total. The zero-order valence-corrected chi connectivity index (χ0v) is 14.2. The van der Waals surface area contributed by atoms with Crippen molar-refractivity contribution >= 4 is 12.0 Å². The van der Waals surface area contributed by atoms with Gasteiger partial charge in [-0.25, -0.2) is 0 Å². The van der Waals surface area contributed by atoms with E-state index >= 15 is 0 Å². The first-order valence-corrected chi connectivity index (χ1v) is 8.64. The monoisotopic (exact) mass is 337 g/mol. The second-order valence-electron chi connectivity index (χ2n) is 6.06. The quantitative estimate of drug-likeness (QED) is 0.786. The van der Waals surface area contributed by atoms with E-state index in [4.69, 9.17) is 9.47 Å². The van der Waals surface area contributed by atoms with Crippen LogP contribution in [0.25, 0.3) is 6.08 Å². The van der Waals surface area contributed by atoms with E-state index in [9.17, 15) is 4.79 Å². The van der Waals surface area contributed by atoms with Crippen molar-refractivity contribution in [1.29, 1.82) is 0 Å². The highest BCUT2D eigenvalue weighted by atomic mass is 16.5. The molecule has 1 aliphatic rings. The Morgan fingerprint density at radius 1 is 1.16 bits per heavy atom. The van der Waals surface area contributed by atoms with E-state index in [-0.39, 0.29) is 12.0 Å². The predicted octanol–water partition coefficient (Wildman–Crippen LogP) is 3.57. The van der Waals surface area contributed by atoms with Gasteiger partial charge in [0.05, 0.1) is 6.10 Å². The number of benzene rings is 2. The van der Waals surface area contributed by atoms with Crippen molar-refractivity contribution in [2.45, 2.75) is 25.6 Å². The summed E-state index contributed by atoms with van der Waals surface area (Å²) >= 11 is 0. The average Bonchev–Trinajstić information content (AvgIpc) is 3.18. The summed E-state index contributed by atoms with van der Waals surface area (Å²) in [6.07, 6.45) is 5.61. The first-order chi connectivity index (χ1) is 12.3. The molecule has 1 fully saturated rings. The van der Waals surface area contributed by atoms with Crippen LogP contribution in [0.1, 0.15) is 24.0 Å². The summed E-state index contributed by atoms with van der Waals surface area (Å²) in [6.45, 7) is 1.92. The molecule has 3 rings (SSSR count). The molecule has 2 aromatic rings. The second-order valence-corrected chi connectivity index (χ2v) is 6.06. The molecule has 1 aliphatic heterocycles. The molecule has 0 bridgehead atoms. The molecule has 0 aromatic heterocycles. The number of nitrogens with one attached hydrogen (secondary N) is 1. The minimum atomic E-state index is -0.0973. The number of hydrogen-bond acceptors (Lipinski definition) is 3. The molecule has 2 aromatic carbocycles. The molecule has 1 heterocycles. The third kappa shape index (κ3) is 5.76. The lowest BCUT2D eigenvalue weighted by molar-refractivity contribution is -0.116. The Kier molecular flexibility index (Phi) is 6.23. The summed E-state index contributed by atoms with van der Waals surface area (Å²) in [7, 11) is 0. The van der Waals surface area contributed by atoms with Crippen LogP contribution >= 0.6 is 0 Å². The summed E-state index contributed by atoms with van der Waals surface area (Å²) in [5, 5.41) is 2.87. The SMILES string of the molecule is O=C(/C=C/c1ccc(OCc2ccccc2)cc1)NC[C@@H]1CCCO1. The van der Waals surface area contributed by atoms with Crippen LogP contribution in [0.5, 0.6) is 5.75 Å². The third-order valence-corrected chi connectivity index (χ3v) is 4.08. The first-order valence-electron chi connectivity index (χ1n) is 8.64. The number of carbonyl (C=O) groups excluding carboxylic acids is 1. The predicted molar refractivity (Wildman–Crippen MR) is 98.2 cm³/mol. The van der Waals surface area contributed by atoms with Gasteiger partial charge in [0.15, 0.2) is 0 Å². The smallest absolute Gasteiger partial charge is 0.244 e. The van der Waals surface area contributed by atoms with Gasteiger partial charge in [-0.1, -0.05) is 42.5 Å². The molecule has 4 heteroatoms. The van der Waals surface area contributed by atoms with Crippen LogP contribution in [0, 0.1) is 0 Å². The van der Waals surface area contributed by atoms with E-state index in [2.05, 4.69) is 5.32 Å². The van der Waals surface area contributed by atoms with Gasteiger partial charge in [-0.05, 0) is 42.2 Å². The Balaban J connectivity index is 1.44. The molecule has 25 heavy (non-hydrogen) atoms. The molecule has 1 saturated heterocycles. The van der Waals surface area contributed by atoms with Gasteiger partial charge in [0.1, 0.15) is 12.4 Å². The van der Waals surface area contributed by atoms with Crippen molar-refractivity contribution in [1.82, 2.24) is 5.32 Å². The average molecular weight is 337 g/mol. The van der Waals surface area contributed by atoms with Gasteiger partial charge in [-0.15, -0.1) is 0 Å². The van der Waals surface area contributed by atoms with Gasteiger partial charge < -0.3 is 14.8 Å². The summed E-state index contributed by atoms with van der Waals surface area (Å²) in [5.74, 6) is 0.712. The van der Waals surface area contributed by atoms with E-state index in [0.29, 0.717) is 13.2 Å². The van der Waals surface area contributed by atoms with E-state index in [0.717, 1.165) is 36.3 Å². The largest absolute Gasteiger partial charge is 0.489 e. The van der Waals surface area contributed by atoms with Gasteiger partial charge >= 0.3 is 0 Å². The topological polar surface area (TPSA) is 47.6 Å². The van der Waals surface area contributed by atoms with E-state index in [1.807, 2.05) is 54.6 Å². The van der Waals surface area contributed by atoms with Crippen LogP contribution in [-0.2, 0) is 16.1 Å². The van der Waals surface area contributed by atoms with E-state index in [1.165, 1.54) is 0 Å². The van der Waals surface area contributed by atoms with Crippen molar-refractivity contribution in [3.63, 3.8) is 0 Å². The molecule has 0 saturated carbocycles. The van der Waals surface area contributed by atoms with Gasteiger partial charge in [0.25, 0.3) is 0 Å². The van der Waals surface area contributed by atoms with Crippen molar-refractivity contribution in [3.8, 4) is 5.75 Å². The fourth-order valence-electron chi connectivity index (χ4n) is 2.67. The number of ether oxygens (including phenoxy) is 2. The summed E-state index contributed by atoms with van der Waals surface area (Å²) < 4.78 is 11.2. The normalized spacial score (nSPS) is 16.9. The van der Waals surface area contributed by atoms with Crippen molar-refractivity contribution in [2.24, 2.45) is 0 Å². The third-order valence-electron chi connectivity index (χ3n) is 4.08. The Labute approximate surface area is 148 Å². The summed E-state index contributed by atoms with van der Waals surface area (Å²) in [5.41, 5.74) is 2.09. The molecular weight excluding hydrogens is 314 g/mol. The number of rotatable bonds is 7. The highest BCUT2D eigenvalue weighted by Gasteiger charge is 2.15. The maximum Gasteiger partial charge on any atom is 0.244 e. The molecule has 1 amide bonds. The Hall–Kier alpha value is -2.59. The molecule has 4 nitrogen and oxygen atoms in total. The number of hydrogen-bond donors (Lipinski definition) is 1. The highest BCUT2D eigenvalue weighted by molar-refractivity contribution is 5.91. The lowest BCUT2D eigenvalue weighted by Gasteiger charge is -2.09. The molecule has 1 atom stereocenters. The molecule has 130 valence electrons. The van der Waals surface area contributed by atoms with Crippen LogP contribution in [0.2, 0.25) is 0 Å². The Morgan fingerprint density at radius 2 is 1.96 bits per heavy atom. The van der Waals surface area contributed by atoms with Gasteiger partial charge in [0.2, 0.25) is 5.91 Å². The van der Waals surface area contributed by atoms with E-state index < -0.39 is 0 Å². The van der Waals surface area contributed by atoms with E-state index in [1.54, 1.807) is 12.2 Å². The van der Waals surface area contributed by atoms with Crippen LogP contribution < -0.4 is 10.1 Å². The van der Waals surface area contributed by atoms with Gasteiger partial charge in [-0.2, -0.15) is 0 Å². The zero-order valence-electron chi connectivity index (χ0n) is 14.2. The number of carbonyl (C=O) groups is 1. The van der Waals surface area contributed by atoms with Crippen LogP contribution in [-0.4, -0.2) is 25.2 Å². The van der Waals surface area contributed by atoms with Crippen LogP contribution in [0.4, 0.5) is 0 Å². The summed E-state index contributed by atoms with van der Waals surface area (Å²) in [6, 6.07) is 17.7. The summed E-state index contributed by atoms with van der Waals surface area (Å²) in [4.78, 5) is 11.8. The molecule has 0 aliphatic carbocycles. The molecule has 0 unspecified atom stereocenters. The zero-order chi connectivity index (χ0) is 17.3. The van der Waals surface area contributed by atoms with Crippen LogP contribution in [0.15, 0.2) is 60.7 Å². The van der Waals surface area contributed by atoms with Crippen molar-refractivity contribution in [3.05, 3.63) is 71.8 Å². The Bertz CT molecular complexity index is 689. The standard InChI is InChI=1S/C21H23NO3/c23-21(22-15-20-7-4-14-24-20)13-10-17-8-11-19(12-9-17)25-16-18-5-2-1-3-6-18/h1-3,5-6,8-13,20H,4,7,14-16H2,(H,22,23)/b13-10+/t20-/m0/s1. The maximum atomic E-state index is 11.8. The minimum Gasteiger partial charge on any atom is -0.489 e. The number of amides is 1. The fraction of sp³-hybridized carbons (Fsp3) is 0.286. The van der Waals surface area contributed by atoms with Crippen molar-refractivity contribution in [2.75, 3.05) is 13.2 Å². The van der Waals surface area contributed by atoms with Crippen LogP contribution in [0.3, 0.4) is 0 Å². The van der Waals surface area contributed by atoms with Gasteiger partial charge in [-0.3, -0.25) is 4.79 Å². The lowest BCUT2D eigenvalue weighted by Crippen LogP contribution is -2.30. The molecular formula is C21H23NO3. The van der Waals surface area contributed by atoms with Crippen molar-refractivity contribution < 1.29 is 14.3 Å². The lowest BCUT2D eigenvalue weighted by atomic mass is 10.2. The second kappa shape index (κ2) is 9.04. The first kappa shape index (κ1) is 17.2. The maximum absolute atomic E-state index is 11.8. The van der Waals surface area contributed by atoms with Gasteiger partial charge in [0, 0.05) is 19.2 Å². The highest BCUT2D eigenvalue weighted by Crippen LogP contribution is 2.15. The molecule has 0 spiro atoms. The Morgan fingerprint density at radius 3 is 2.68 bits per heavy atom. The minimum absolute atomic E-state index is 0.0973. The molecule has 0 radical (unpaired) electrons. The fourth-order valence-corrected chi connectivity index (χ4v) is 2.67.